The molecule has 0 aliphatic carbocycles. The van der Waals surface area contributed by atoms with Crippen molar-refractivity contribution in [2.24, 2.45) is 0 Å². The smallest absolute Gasteiger partial charge is 0.305 e. The second-order valence-electron chi connectivity index (χ2n) is 7.38. The lowest BCUT2D eigenvalue weighted by Crippen LogP contribution is -2.31. The van der Waals surface area contributed by atoms with Gasteiger partial charge < -0.3 is 5.11 Å². The quantitative estimate of drug-likeness (QED) is 0.774. The third kappa shape index (κ3) is 5.97. The summed E-state index contributed by atoms with van der Waals surface area (Å²) < 4.78 is 27.5. The molecule has 0 amide bonds. The summed E-state index contributed by atoms with van der Waals surface area (Å²) >= 11 is 0. The maximum atomic E-state index is 12.5. The SMILES string of the molecule is CC(C)(C)c1ccc([C@H](CC(=O)O)NS(=O)(=O)Cc2ccccc2)cc1. The fourth-order valence-corrected chi connectivity index (χ4v) is 4.04. The summed E-state index contributed by atoms with van der Waals surface area (Å²) in [5.41, 5.74) is 2.35. The van der Waals surface area contributed by atoms with Gasteiger partial charge in [-0.25, -0.2) is 13.1 Å². The van der Waals surface area contributed by atoms with Crippen LogP contribution in [-0.2, 0) is 26.0 Å². The van der Waals surface area contributed by atoms with Crippen LogP contribution in [0.3, 0.4) is 0 Å². The van der Waals surface area contributed by atoms with Gasteiger partial charge in [-0.1, -0.05) is 75.4 Å². The van der Waals surface area contributed by atoms with E-state index in [2.05, 4.69) is 25.5 Å². The molecule has 0 aliphatic rings. The van der Waals surface area contributed by atoms with Crippen molar-refractivity contribution in [3.63, 3.8) is 0 Å². The molecule has 0 saturated carbocycles. The molecule has 2 N–H and O–H groups in total. The maximum Gasteiger partial charge on any atom is 0.305 e. The van der Waals surface area contributed by atoms with E-state index >= 15 is 0 Å². The number of carbonyl (C=O) groups is 1. The zero-order valence-corrected chi connectivity index (χ0v) is 16.1. The van der Waals surface area contributed by atoms with Crippen LogP contribution in [0.15, 0.2) is 54.6 Å². The van der Waals surface area contributed by atoms with E-state index in [0.717, 1.165) is 5.56 Å². The van der Waals surface area contributed by atoms with Gasteiger partial charge in [0.25, 0.3) is 0 Å². The molecule has 0 aromatic heterocycles. The van der Waals surface area contributed by atoms with Crippen molar-refractivity contribution in [2.45, 2.75) is 44.4 Å². The molecule has 1 atom stereocenters. The van der Waals surface area contributed by atoms with E-state index in [1.54, 1.807) is 36.4 Å². The summed E-state index contributed by atoms with van der Waals surface area (Å²) in [6.45, 7) is 6.25. The van der Waals surface area contributed by atoms with Crippen LogP contribution in [-0.4, -0.2) is 19.5 Å². The number of hydrogen-bond donors (Lipinski definition) is 2. The fourth-order valence-electron chi connectivity index (χ4n) is 2.67. The van der Waals surface area contributed by atoms with E-state index in [1.807, 2.05) is 18.2 Å². The van der Waals surface area contributed by atoms with Gasteiger partial charge in [0, 0.05) is 0 Å². The summed E-state index contributed by atoms with van der Waals surface area (Å²) in [4.78, 5) is 11.2. The normalized spacial score (nSPS) is 13.3. The Bertz CT molecular complexity index is 838. The standard InChI is InChI=1S/C20H25NO4S/c1-20(2,3)17-11-9-16(10-12-17)18(13-19(22)23)21-26(24,25)14-15-7-5-4-6-8-15/h4-12,18,21H,13-14H2,1-3H3,(H,22,23)/t18-/m0/s1. The van der Waals surface area contributed by atoms with Crippen LogP contribution < -0.4 is 4.72 Å². The molecule has 6 heteroatoms. The highest BCUT2D eigenvalue weighted by Crippen LogP contribution is 2.25. The minimum Gasteiger partial charge on any atom is -0.481 e. The highest BCUT2D eigenvalue weighted by atomic mass is 32.2. The van der Waals surface area contributed by atoms with Crippen molar-refractivity contribution in [2.75, 3.05) is 0 Å². The Morgan fingerprint density at radius 1 is 1.04 bits per heavy atom. The first-order valence-corrected chi connectivity index (χ1v) is 10.1. The Morgan fingerprint density at radius 3 is 2.12 bits per heavy atom. The van der Waals surface area contributed by atoms with Crippen molar-refractivity contribution >= 4 is 16.0 Å². The first-order valence-electron chi connectivity index (χ1n) is 8.43. The molecular weight excluding hydrogens is 350 g/mol. The lowest BCUT2D eigenvalue weighted by Gasteiger charge is -2.22. The van der Waals surface area contributed by atoms with Gasteiger partial charge in [-0.3, -0.25) is 4.79 Å². The topological polar surface area (TPSA) is 83.5 Å². The number of rotatable bonds is 7. The zero-order chi connectivity index (χ0) is 19.4. The van der Waals surface area contributed by atoms with E-state index in [1.165, 1.54) is 0 Å². The molecule has 0 saturated heterocycles. The van der Waals surface area contributed by atoms with Gasteiger partial charge >= 0.3 is 5.97 Å². The summed E-state index contributed by atoms with van der Waals surface area (Å²) in [7, 11) is -3.68. The molecular formula is C20H25NO4S. The van der Waals surface area contributed by atoms with Crippen LogP contribution in [0.25, 0.3) is 0 Å². The van der Waals surface area contributed by atoms with Gasteiger partial charge in [0.2, 0.25) is 10.0 Å². The minimum absolute atomic E-state index is 0.0341. The number of benzene rings is 2. The average Bonchev–Trinajstić information content (AvgIpc) is 2.53. The summed E-state index contributed by atoms with van der Waals surface area (Å²) in [6, 6.07) is 15.4. The van der Waals surface area contributed by atoms with Crippen LogP contribution in [0.2, 0.25) is 0 Å². The number of carboxylic acids is 1. The number of aliphatic carboxylic acids is 1. The van der Waals surface area contributed by atoms with Gasteiger partial charge in [-0.15, -0.1) is 0 Å². The Kier molecular flexibility index (Phi) is 6.21. The van der Waals surface area contributed by atoms with Crippen molar-refractivity contribution < 1.29 is 18.3 Å². The number of hydrogen-bond acceptors (Lipinski definition) is 3. The van der Waals surface area contributed by atoms with Gasteiger partial charge in [0.1, 0.15) is 0 Å². The highest BCUT2D eigenvalue weighted by molar-refractivity contribution is 7.88. The number of nitrogens with one attached hydrogen (secondary N) is 1. The number of carboxylic acid groups (broad SMARTS) is 1. The molecule has 140 valence electrons. The molecule has 2 aromatic carbocycles. The van der Waals surface area contributed by atoms with Crippen LogP contribution >= 0.6 is 0 Å². The maximum absolute atomic E-state index is 12.5. The molecule has 0 radical (unpaired) electrons. The molecule has 0 fully saturated rings. The molecule has 0 spiro atoms. The van der Waals surface area contributed by atoms with E-state index in [0.29, 0.717) is 11.1 Å². The second-order valence-corrected chi connectivity index (χ2v) is 9.14. The van der Waals surface area contributed by atoms with E-state index in [9.17, 15) is 18.3 Å². The van der Waals surface area contributed by atoms with Gasteiger partial charge in [0.15, 0.2) is 0 Å². The van der Waals surface area contributed by atoms with Gasteiger partial charge in [0.05, 0.1) is 18.2 Å². The molecule has 2 aromatic rings. The third-order valence-electron chi connectivity index (χ3n) is 4.08. The Morgan fingerprint density at radius 2 is 1.62 bits per heavy atom. The molecule has 0 aliphatic heterocycles. The largest absolute Gasteiger partial charge is 0.481 e. The Hall–Kier alpha value is -2.18. The van der Waals surface area contributed by atoms with Crippen LogP contribution in [0.1, 0.15) is 49.9 Å². The van der Waals surface area contributed by atoms with Crippen LogP contribution in [0.4, 0.5) is 0 Å². The summed E-state index contributed by atoms with van der Waals surface area (Å²) in [6.07, 6.45) is -0.317. The fraction of sp³-hybridized carbons (Fsp3) is 0.350. The zero-order valence-electron chi connectivity index (χ0n) is 15.3. The summed E-state index contributed by atoms with van der Waals surface area (Å²) in [5.74, 6) is -1.25. The molecule has 0 heterocycles. The average molecular weight is 375 g/mol. The van der Waals surface area contributed by atoms with E-state index in [4.69, 9.17) is 0 Å². The minimum atomic E-state index is -3.68. The molecule has 26 heavy (non-hydrogen) atoms. The molecule has 5 nitrogen and oxygen atoms in total. The van der Waals surface area contributed by atoms with E-state index < -0.39 is 22.0 Å². The predicted molar refractivity (Wildman–Crippen MR) is 102 cm³/mol. The number of sulfonamides is 1. The lowest BCUT2D eigenvalue weighted by atomic mass is 9.86. The monoisotopic (exact) mass is 375 g/mol. The van der Waals surface area contributed by atoms with Crippen molar-refractivity contribution in [3.8, 4) is 0 Å². The van der Waals surface area contributed by atoms with Crippen LogP contribution in [0.5, 0.6) is 0 Å². The predicted octanol–water partition coefficient (Wildman–Crippen LogP) is 3.62. The molecule has 2 rings (SSSR count). The van der Waals surface area contributed by atoms with Crippen molar-refractivity contribution in [1.82, 2.24) is 4.72 Å². The second kappa shape index (κ2) is 8.01. The first kappa shape index (κ1) is 20.1. The van der Waals surface area contributed by atoms with E-state index in [-0.39, 0.29) is 17.6 Å². The summed E-state index contributed by atoms with van der Waals surface area (Å²) in [5, 5.41) is 9.18. The highest BCUT2D eigenvalue weighted by Gasteiger charge is 2.23. The first-order chi connectivity index (χ1) is 12.1. The lowest BCUT2D eigenvalue weighted by molar-refractivity contribution is -0.137. The Balaban J connectivity index is 2.23. The third-order valence-corrected chi connectivity index (χ3v) is 5.44. The van der Waals surface area contributed by atoms with Crippen LogP contribution in [0, 0.1) is 0 Å². The van der Waals surface area contributed by atoms with Gasteiger partial charge in [-0.2, -0.15) is 0 Å². The van der Waals surface area contributed by atoms with Crippen molar-refractivity contribution in [1.29, 1.82) is 0 Å². The van der Waals surface area contributed by atoms with Crippen molar-refractivity contribution in [3.05, 3.63) is 71.3 Å². The Labute approximate surface area is 155 Å². The molecule has 0 bridgehead atoms. The van der Waals surface area contributed by atoms with Gasteiger partial charge in [-0.05, 0) is 22.1 Å². The molecule has 0 unspecified atom stereocenters.